The fraction of sp³-hybridized carbons (Fsp3) is 1.00. The van der Waals surface area contributed by atoms with Gasteiger partial charge in [0.25, 0.3) is 0 Å². The third-order valence-corrected chi connectivity index (χ3v) is 5.45. The van der Waals surface area contributed by atoms with Gasteiger partial charge in [-0.3, -0.25) is 0 Å². The zero-order valence-corrected chi connectivity index (χ0v) is 12.4. The van der Waals surface area contributed by atoms with Gasteiger partial charge in [-0.2, -0.15) is 79.0 Å². The van der Waals surface area contributed by atoms with E-state index in [-0.39, 0.29) is 0 Å². The Morgan fingerprint density at radius 2 is 0.429 bits per heavy atom. The zero-order valence-electron chi connectivity index (χ0n) is 11.6. The SMILES string of the molecule is [O-][S+](C(C(F)(F)F)(C(F)(F)F)C(F)(F)F)C(C(F)(F)F)(C(F)(F)F)C(F)(F)F. The summed E-state index contributed by atoms with van der Waals surface area (Å²) in [6.07, 6.45) is -50.3. The smallest absolute Gasteiger partial charge is 0.458 e. The zero-order chi connectivity index (χ0) is 23.6. The van der Waals surface area contributed by atoms with Crippen molar-refractivity contribution in [2.45, 2.75) is 46.6 Å². The van der Waals surface area contributed by atoms with Gasteiger partial charge < -0.3 is 4.55 Å². The Bertz CT molecular complexity index is 431. The van der Waals surface area contributed by atoms with E-state index in [1.165, 1.54) is 0 Å². The van der Waals surface area contributed by atoms with E-state index < -0.39 is 57.7 Å². The van der Waals surface area contributed by atoms with Gasteiger partial charge in [0.2, 0.25) is 0 Å². The number of alkyl halides is 18. The fourth-order valence-corrected chi connectivity index (χ4v) is 3.55. The standard InChI is InChI=1S/C8F18OS/c9-3(10,11)1(4(12,13)14,5(15,16)17)28(27)2(6(18,19)20,7(21,22)23)8(24,25)26. The Kier molecular flexibility index (Phi) is 6.30. The highest BCUT2D eigenvalue weighted by atomic mass is 32.2. The minimum atomic E-state index is -8.56. The van der Waals surface area contributed by atoms with Crippen LogP contribution >= 0.6 is 0 Å². The minimum absolute atomic E-state index is 7.88. The molecule has 28 heavy (non-hydrogen) atoms. The van der Waals surface area contributed by atoms with Crippen LogP contribution in [0.5, 0.6) is 0 Å². The molecule has 0 aromatic rings. The van der Waals surface area contributed by atoms with Crippen LogP contribution in [0.15, 0.2) is 0 Å². The van der Waals surface area contributed by atoms with Crippen molar-refractivity contribution in [3.8, 4) is 0 Å². The maximum absolute atomic E-state index is 12.6. The third-order valence-electron chi connectivity index (χ3n) is 2.95. The van der Waals surface area contributed by atoms with E-state index in [0.29, 0.717) is 0 Å². The third kappa shape index (κ3) is 3.42. The molecule has 0 radical (unpaired) electrons. The van der Waals surface area contributed by atoms with E-state index in [9.17, 15) is 83.6 Å². The van der Waals surface area contributed by atoms with Gasteiger partial charge in [-0.25, -0.2) is 0 Å². The Balaban J connectivity index is 7.83. The molecular formula is C8F18OS. The maximum atomic E-state index is 12.6. The molecule has 0 aliphatic carbocycles. The Hall–Kier alpha value is -0.950. The highest BCUT2D eigenvalue weighted by Gasteiger charge is 3.03. The lowest BCUT2D eigenvalue weighted by Gasteiger charge is -2.47. The molecule has 0 saturated heterocycles. The molecule has 0 unspecified atom stereocenters. The van der Waals surface area contributed by atoms with Gasteiger partial charge >= 0.3 is 46.6 Å². The molecule has 0 rings (SSSR count). The number of hydrogen-bond acceptors (Lipinski definition) is 1. The van der Waals surface area contributed by atoms with E-state index in [1.54, 1.807) is 0 Å². The monoisotopic (exact) mass is 486 g/mol. The Labute approximate surface area is 142 Å². The summed E-state index contributed by atoms with van der Waals surface area (Å²) in [7, 11) is 0. The normalized spacial score (nSPS) is 16.7. The van der Waals surface area contributed by atoms with Crippen molar-refractivity contribution in [2.75, 3.05) is 0 Å². The van der Waals surface area contributed by atoms with Crippen LogP contribution < -0.4 is 0 Å². The summed E-state index contributed by atoms with van der Waals surface area (Å²) >= 11 is -7.88. The van der Waals surface area contributed by atoms with Gasteiger partial charge in [0.15, 0.2) is 0 Å². The predicted molar refractivity (Wildman–Crippen MR) is 49.9 cm³/mol. The second-order valence-electron chi connectivity index (χ2n) is 4.62. The van der Waals surface area contributed by atoms with Gasteiger partial charge in [-0.15, -0.1) is 0 Å². The van der Waals surface area contributed by atoms with Crippen LogP contribution in [0.2, 0.25) is 0 Å². The first kappa shape index (κ1) is 27.0. The van der Waals surface area contributed by atoms with Crippen LogP contribution in [0.25, 0.3) is 0 Å². The minimum Gasteiger partial charge on any atom is -0.614 e. The average Bonchev–Trinajstić information content (AvgIpc) is 2.14. The second-order valence-corrected chi connectivity index (χ2v) is 6.38. The van der Waals surface area contributed by atoms with Crippen LogP contribution in [-0.4, -0.2) is 51.1 Å². The summed E-state index contributed by atoms with van der Waals surface area (Å²) in [5.74, 6) is 0. The van der Waals surface area contributed by atoms with Crippen LogP contribution in [0.4, 0.5) is 79.0 Å². The largest absolute Gasteiger partial charge is 0.614 e. The molecule has 0 saturated carbocycles. The molecule has 0 aromatic carbocycles. The summed E-state index contributed by atoms with van der Waals surface area (Å²) in [6.45, 7) is 0. The number of halogens is 18. The molecule has 0 aromatic heterocycles. The molecule has 0 atom stereocenters. The predicted octanol–water partition coefficient (Wildman–Crippen LogP) is 5.59. The summed E-state index contributed by atoms with van der Waals surface area (Å²) in [5.41, 5.74) is 0. The van der Waals surface area contributed by atoms with Crippen LogP contribution in [0.1, 0.15) is 0 Å². The lowest BCUT2D eigenvalue weighted by Crippen LogP contribution is -2.81. The highest BCUT2D eigenvalue weighted by Crippen LogP contribution is 2.67. The fourth-order valence-electron chi connectivity index (χ4n) is 1.82. The van der Waals surface area contributed by atoms with Crippen LogP contribution in [-0.2, 0) is 11.2 Å². The molecule has 0 fully saturated rings. The molecule has 0 bridgehead atoms. The first-order valence-corrected chi connectivity index (χ1v) is 6.63. The Morgan fingerprint density at radius 3 is 0.500 bits per heavy atom. The number of rotatable bonds is 2. The molecule has 0 heterocycles. The van der Waals surface area contributed by atoms with Gasteiger partial charge in [0, 0.05) is 11.2 Å². The first-order chi connectivity index (χ1) is 11.7. The van der Waals surface area contributed by atoms with Crippen LogP contribution in [0.3, 0.4) is 0 Å². The van der Waals surface area contributed by atoms with E-state index in [0.717, 1.165) is 0 Å². The lowest BCUT2D eigenvalue weighted by atomic mass is 10.1. The number of hydrogen-bond donors (Lipinski definition) is 0. The topological polar surface area (TPSA) is 23.1 Å². The molecular weight excluding hydrogens is 486 g/mol. The molecule has 0 aliphatic heterocycles. The summed E-state index contributed by atoms with van der Waals surface area (Å²) in [6, 6.07) is 0. The van der Waals surface area contributed by atoms with Gasteiger partial charge in [0.05, 0.1) is 0 Å². The summed E-state index contributed by atoms with van der Waals surface area (Å²) in [4.78, 5) is 0. The van der Waals surface area contributed by atoms with Crippen molar-refractivity contribution in [1.29, 1.82) is 0 Å². The molecule has 170 valence electrons. The molecule has 0 spiro atoms. The van der Waals surface area contributed by atoms with Gasteiger partial charge in [-0.05, 0) is 0 Å². The van der Waals surface area contributed by atoms with Crippen molar-refractivity contribution < 1.29 is 83.6 Å². The van der Waals surface area contributed by atoms with Crippen molar-refractivity contribution in [3.05, 3.63) is 0 Å². The molecule has 20 heteroatoms. The van der Waals surface area contributed by atoms with Gasteiger partial charge in [0.1, 0.15) is 0 Å². The maximum Gasteiger partial charge on any atom is 0.458 e. The first-order valence-electron chi connectivity index (χ1n) is 5.48. The molecule has 0 amide bonds. The van der Waals surface area contributed by atoms with Crippen molar-refractivity contribution in [3.63, 3.8) is 0 Å². The van der Waals surface area contributed by atoms with Crippen molar-refractivity contribution >= 4 is 11.2 Å². The summed E-state index contributed by atoms with van der Waals surface area (Å²) < 4.78 is 220. The quantitative estimate of drug-likeness (QED) is 0.369. The molecule has 0 N–H and O–H groups in total. The summed E-state index contributed by atoms with van der Waals surface area (Å²) in [5, 5.41) is 0. The molecule has 0 aliphatic rings. The van der Waals surface area contributed by atoms with E-state index in [1.807, 2.05) is 0 Å². The Morgan fingerprint density at radius 1 is 0.321 bits per heavy atom. The lowest BCUT2D eigenvalue weighted by molar-refractivity contribution is -0.363. The van der Waals surface area contributed by atoms with E-state index in [2.05, 4.69) is 0 Å². The van der Waals surface area contributed by atoms with E-state index in [4.69, 9.17) is 0 Å². The van der Waals surface area contributed by atoms with Crippen molar-refractivity contribution in [1.82, 2.24) is 0 Å². The van der Waals surface area contributed by atoms with Gasteiger partial charge in [-0.1, -0.05) is 0 Å². The average molecular weight is 486 g/mol. The van der Waals surface area contributed by atoms with Crippen molar-refractivity contribution in [2.24, 2.45) is 0 Å². The molecule has 1 nitrogen and oxygen atoms in total. The second kappa shape index (κ2) is 6.53. The van der Waals surface area contributed by atoms with Crippen LogP contribution in [0, 0.1) is 0 Å². The highest BCUT2D eigenvalue weighted by molar-refractivity contribution is 7.94. The van der Waals surface area contributed by atoms with E-state index >= 15 is 0 Å².